The van der Waals surface area contributed by atoms with Crippen molar-refractivity contribution in [2.45, 2.75) is 39.7 Å². The summed E-state index contributed by atoms with van der Waals surface area (Å²) in [5.41, 5.74) is 2.05. The van der Waals surface area contributed by atoms with Gasteiger partial charge in [0.05, 0.1) is 6.61 Å². The van der Waals surface area contributed by atoms with Crippen LogP contribution in [-0.4, -0.2) is 24.2 Å². The second-order valence-corrected chi connectivity index (χ2v) is 5.15. The van der Waals surface area contributed by atoms with Gasteiger partial charge >= 0.3 is 0 Å². The van der Waals surface area contributed by atoms with Crippen LogP contribution in [0.4, 0.5) is 0 Å². The first-order chi connectivity index (χ1) is 8.13. The van der Waals surface area contributed by atoms with E-state index in [1.807, 2.05) is 26.0 Å². The van der Waals surface area contributed by atoms with Crippen molar-refractivity contribution in [2.24, 2.45) is 5.92 Å². The Kier molecular flexibility index (Phi) is 4.00. The molecule has 1 saturated heterocycles. The van der Waals surface area contributed by atoms with E-state index in [9.17, 15) is 0 Å². The van der Waals surface area contributed by atoms with Crippen LogP contribution in [0.1, 0.15) is 31.2 Å². The topological polar surface area (TPSA) is 34.1 Å². The largest absolute Gasteiger partial charge is 0.493 e. The number of piperidine rings is 1. The summed E-state index contributed by atoms with van der Waals surface area (Å²) in [6.07, 6.45) is 2.51. The monoisotopic (exact) mass is 234 g/mol. The molecule has 1 fully saturated rings. The number of rotatable bonds is 3. The molecule has 1 aliphatic rings. The van der Waals surface area contributed by atoms with Gasteiger partial charge in [0.1, 0.15) is 5.75 Å². The van der Waals surface area contributed by atoms with Crippen molar-refractivity contribution in [3.05, 3.63) is 23.5 Å². The predicted molar refractivity (Wildman–Crippen MR) is 69.4 cm³/mol. The maximum absolute atomic E-state index is 5.86. The molecule has 0 aliphatic carbocycles. The number of pyridine rings is 1. The molecule has 1 aromatic heterocycles. The molecule has 3 heteroatoms. The summed E-state index contributed by atoms with van der Waals surface area (Å²) >= 11 is 0. The van der Waals surface area contributed by atoms with Gasteiger partial charge in [0.2, 0.25) is 0 Å². The summed E-state index contributed by atoms with van der Waals surface area (Å²) in [5.74, 6) is 1.59. The van der Waals surface area contributed by atoms with Crippen molar-refractivity contribution >= 4 is 0 Å². The van der Waals surface area contributed by atoms with E-state index in [0.717, 1.165) is 30.3 Å². The zero-order chi connectivity index (χ0) is 12.3. The molecule has 1 N–H and O–H groups in total. The Bertz CT molecular complexity index is 350. The molecule has 2 heterocycles. The summed E-state index contributed by atoms with van der Waals surface area (Å²) in [7, 11) is 0. The van der Waals surface area contributed by atoms with Gasteiger partial charge in [-0.2, -0.15) is 0 Å². The van der Waals surface area contributed by atoms with Crippen molar-refractivity contribution < 1.29 is 4.74 Å². The van der Waals surface area contributed by atoms with Crippen LogP contribution in [0.5, 0.6) is 5.75 Å². The van der Waals surface area contributed by atoms with Gasteiger partial charge in [-0.15, -0.1) is 0 Å². The fraction of sp³-hybridized carbons (Fsp3) is 0.643. The van der Waals surface area contributed by atoms with Gasteiger partial charge in [0.25, 0.3) is 0 Å². The lowest BCUT2D eigenvalue weighted by molar-refractivity contribution is 0.203. The molecular formula is C14H22N2O. The van der Waals surface area contributed by atoms with Crippen LogP contribution in [0.3, 0.4) is 0 Å². The van der Waals surface area contributed by atoms with Gasteiger partial charge in [-0.25, -0.2) is 0 Å². The smallest absolute Gasteiger partial charge is 0.122 e. The van der Waals surface area contributed by atoms with Crippen molar-refractivity contribution in [3.63, 3.8) is 0 Å². The molecule has 17 heavy (non-hydrogen) atoms. The van der Waals surface area contributed by atoms with Gasteiger partial charge in [0, 0.05) is 42.0 Å². The van der Waals surface area contributed by atoms with Gasteiger partial charge in [-0.3, -0.25) is 4.98 Å². The van der Waals surface area contributed by atoms with E-state index >= 15 is 0 Å². The number of aryl methyl sites for hydroxylation is 2. The first-order valence-electron chi connectivity index (χ1n) is 6.45. The fourth-order valence-corrected chi connectivity index (χ4v) is 2.29. The molecule has 0 bridgehead atoms. The molecule has 0 saturated carbocycles. The number of aromatic nitrogens is 1. The lowest BCUT2D eigenvalue weighted by Crippen LogP contribution is -2.39. The molecule has 0 spiro atoms. The molecule has 3 nitrogen and oxygen atoms in total. The minimum Gasteiger partial charge on any atom is -0.493 e. The van der Waals surface area contributed by atoms with Crippen LogP contribution >= 0.6 is 0 Å². The van der Waals surface area contributed by atoms with Crippen LogP contribution in [0.2, 0.25) is 0 Å². The van der Waals surface area contributed by atoms with Gasteiger partial charge in [-0.05, 0) is 33.6 Å². The first kappa shape index (κ1) is 12.4. The van der Waals surface area contributed by atoms with Crippen molar-refractivity contribution in [2.75, 3.05) is 13.2 Å². The lowest BCUT2D eigenvalue weighted by Gasteiger charge is -2.27. The predicted octanol–water partition coefficient (Wildman–Crippen LogP) is 2.47. The van der Waals surface area contributed by atoms with Crippen LogP contribution in [0.15, 0.2) is 12.1 Å². The van der Waals surface area contributed by atoms with E-state index < -0.39 is 0 Å². The number of hydrogen-bond acceptors (Lipinski definition) is 3. The minimum atomic E-state index is 0.639. The highest BCUT2D eigenvalue weighted by Gasteiger charge is 2.17. The van der Waals surface area contributed by atoms with Crippen LogP contribution in [0, 0.1) is 19.8 Å². The maximum atomic E-state index is 5.86. The first-order valence-corrected chi connectivity index (χ1v) is 6.45. The summed E-state index contributed by atoms with van der Waals surface area (Å²) < 4.78 is 5.86. The van der Waals surface area contributed by atoms with E-state index in [1.54, 1.807) is 0 Å². The summed E-state index contributed by atoms with van der Waals surface area (Å²) in [4.78, 5) is 4.35. The highest BCUT2D eigenvalue weighted by molar-refractivity contribution is 5.26. The molecule has 0 amide bonds. The van der Waals surface area contributed by atoms with Crippen molar-refractivity contribution in [1.82, 2.24) is 10.3 Å². The number of nitrogens with zero attached hydrogens (tertiary/aromatic N) is 1. The maximum Gasteiger partial charge on any atom is 0.122 e. The highest BCUT2D eigenvalue weighted by Crippen LogP contribution is 2.18. The average Bonchev–Trinajstić information content (AvgIpc) is 2.27. The Labute approximate surface area is 104 Å². The Morgan fingerprint density at radius 1 is 1.29 bits per heavy atom. The Morgan fingerprint density at radius 3 is 2.59 bits per heavy atom. The molecule has 2 rings (SSSR count). The van der Waals surface area contributed by atoms with E-state index in [-0.39, 0.29) is 0 Å². The third-order valence-electron chi connectivity index (χ3n) is 3.30. The molecule has 1 aliphatic heterocycles. The van der Waals surface area contributed by atoms with Crippen LogP contribution < -0.4 is 10.1 Å². The van der Waals surface area contributed by atoms with E-state index in [2.05, 4.69) is 17.2 Å². The van der Waals surface area contributed by atoms with E-state index in [0.29, 0.717) is 12.0 Å². The second-order valence-electron chi connectivity index (χ2n) is 5.15. The van der Waals surface area contributed by atoms with Gasteiger partial charge in [-0.1, -0.05) is 0 Å². The lowest BCUT2D eigenvalue weighted by atomic mass is 9.96. The summed E-state index contributed by atoms with van der Waals surface area (Å²) in [5, 5.41) is 3.50. The van der Waals surface area contributed by atoms with Gasteiger partial charge < -0.3 is 10.1 Å². The summed E-state index contributed by atoms with van der Waals surface area (Å²) in [6.45, 7) is 8.13. The molecular weight excluding hydrogens is 212 g/mol. The molecule has 1 aromatic rings. The molecule has 0 aromatic carbocycles. The Hall–Kier alpha value is -1.09. The molecule has 1 unspecified atom stereocenters. The zero-order valence-electron chi connectivity index (χ0n) is 11.0. The van der Waals surface area contributed by atoms with Crippen LogP contribution in [0.25, 0.3) is 0 Å². The minimum absolute atomic E-state index is 0.639. The standard InChI is InChI=1S/C14H22N2O/c1-10-4-5-13(8-15-10)9-17-14-6-11(2)16-12(3)7-14/h6-7,10,13,15H,4-5,8-9H2,1-3H3/t10-,13?/m1/s1. The summed E-state index contributed by atoms with van der Waals surface area (Å²) in [6, 6.07) is 4.68. The van der Waals surface area contributed by atoms with E-state index in [4.69, 9.17) is 4.74 Å². The molecule has 94 valence electrons. The van der Waals surface area contributed by atoms with Crippen LogP contribution in [-0.2, 0) is 0 Å². The Morgan fingerprint density at radius 2 is 2.00 bits per heavy atom. The zero-order valence-corrected chi connectivity index (χ0v) is 11.0. The third-order valence-corrected chi connectivity index (χ3v) is 3.30. The van der Waals surface area contributed by atoms with Crippen molar-refractivity contribution in [3.8, 4) is 5.75 Å². The SMILES string of the molecule is Cc1cc(OCC2CC[C@@H](C)NC2)cc(C)n1. The van der Waals surface area contributed by atoms with E-state index in [1.165, 1.54) is 12.8 Å². The number of nitrogens with one attached hydrogen (secondary N) is 1. The van der Waals surface area contributed by atoms with Gasteiger partial charge in [0.15, 0.2) is 0 Å². The second kappa shape index (κ2) is 5.50. The Balaban J connectivity index is 1.85. The number of hydrogen-bond donors (Lipinski definition) is 1. The highest BCUT2D eigenvalue weighted by atomic mass is 16.5. The fourth-order valence-electron chi connectivity index (χ4n) is 2.29. The quantitative estimate of drug-likeness (QED) is 0.872. The van der Waals surface area contributed by atoms with Crippen molar-refractivity contribution in [1.29, 1.82) is 0 Å². The molecule has 2 atom stereocenters. The molecule has 0 radical (unpaired) electrons. The number of ether oxygens (including phenoxy) is 1. The normalized spacial score (nSPS) is 24.6. The third kappa shape index (κ3) is 3.70. The average molecular weight is 234 g/mol.